The van der Waals surface area contributed by atoms with Gasteiger partial charge < -0.3 is 4.90 Å². The van der Waals surface area contributed by atoms with Gasteiger partial charge in [-0.1, -0.05) is 23.5 Å². The molecular formula is C18H18FN5S. The molecule has 0 N–H and O–H groups in total. The normalized spacial score (nSPS) is 17.7. The molecule has 4 rings (SSSR count). The van der Waals surface area contributed by atoms with Gasteiger partial charge in [0.1, 0.15) is 22.5 Å². The highest BCUT2D eigenvalue weighted by atomic mass is 32.1. The van der Waals surface area contributed by atoms with E-state index in [9.17, 15) is 4.39 Å². The highest BCUT2D eigenvalue weighted by Crippen LogP contribution is 2.34. The Morgan fingerprint density at radius 2 is 2.08 bits per heavy atom. The predicted molar refractivity (Wildman–Crippen MR) is 96.3 cm³/mol. The molecule has 1 unspecified atom stereocenters. The third-order valence-corrected chi connectivity index (χ3v) is 5.52. The fourth-order valence-corrected chi connectivity index (χ4v) is 4.15. The summed E-state index contributed by atoms with van der Waals surface area (Å²) < 4.78 is 14.0. The molecule has 1 saturated heterocycles. The zero-order valence-electron chi connectivity index (χ0n) is 13.9. The van der Waals surface area contributed by atoms with Gasteiger partial charge in [0.2, 0.25) is 0 Å². The molecule has 0 aliphatic carbocycles. The van der Waals surface area contributed by atoms with E-state index in [1.807, 2.05) is 19.1 Å². The molecular weight excluding hydrogens is 337 g/mol. The van der Waals surface area contributed by atoms with Gasteiger partial charge >= 0.3 is 0 Å². The van der Waals surface area contributed by atoms with Gasteiger partial charge in [0.05, 0.1) is 0 Å². The van der Waals surface area contributed by atoms with E-state index in [0.29, 0.717) is 16.5 Å². The smallest absolute Gasteiger partial charge is 0.150 e. The topological polar surface area (TPSA) is 54.8 Å². The Bertz CT molecular complexity index is 881. The molecule has 3 heterocycles. The first-order valence-electron chi connectivity index (χ1n) is 8.33. The second-order valence-electron chi connectivity index (χ2n) is 6.17. The summed E-state index contributed by atoms with van der Waals surface area (Å²) in [5, 5.41) is 10.2. The van der Waals surface area contributed by atoms with Crippen molar-refractivity contribution in [2.75, 3.05) is 18.0 Å². The molecule has 1 aliphatic rings. The SMILES string of the molecule is Cc1nccc(N2CCCC(c3nnc(-c4ccccc4F)s3)C2)n1. The summed E-state index contributed by atoms with van der Waals surface area (Å²) in [5.74, 6) is 1.77. The summed E-state index contributed by atoms with van der Waals surface area (Å²) in [4.78, 5) is 11.0. The van der Waals surface area contributed by atoms with E-state index >= 15 is 0 Å². The maximum atomic E-state index is 14.0. The monoisotopic (exact) mass is 355 g/mol. The average molecular weight is 355 g/mol. The standard InChI is InChI=1S/C18H18FN5S/c1-12-20-9-8-16(21-12)24-10-4-5-13(11-24)17-22-23-18(25-17)14-6-2-3-7-15(14)19/h2-3,6-9,13H,4-5,10-11H2,1H3. The Hall–Kier alpha value is -2.41. The van der Waals surface area contributed by atoms with E-state index in [2.05, 4.69) is 25.1 Å². The quantitative estimate of drug-likeness (QED) is 0.715. The lowest BCUT2D eigenvalue weighted by molar-refractivity contribution is 0.502. The second-order valence-corrected chi connectivity index (χ2v) is 7.18. The van der Waals surface area contributed by atoms with E-state index in [1.54, 1.807) is 18.3 Å². The summed E-state index contributed by atoms with van der Waals surface area (Å²) in [6.45, 7) is 3.73. The molecule has 0 bridgehead atoms. The highest BCUT2D eigenvalue weighted by Gasteiger charge is 2.26. The van der Waals surface area contributed by atoms with Crippen LogP contribution in [-0.4, -0.2) is 33.3 Å². The molecule has 3 aromatic rings. The Balaban J connectivity index is 1.55. The van der Waals surface area contributed by atoms with Crippen molar-refractivity contribution >= 4 is 17.2 Å². The molecule has 128 valence electrons. The van der Waals surface area contributed by atoms with Gasteiger partial charge in [0.25, 0.3) is 0 Å². The molecule has 0 saturated carbocycles. The van der Waals surface area contributed by atoms with Gasteiger partial charge in [-0.05, 0) is 38.0 Å². The van der Waals surface area contributed by atoms with Crippen molar-refractivity contribution in [2.24, 2.45) is 0 Å². The van der Waals surface area contributed by atoms with Gasteiger partial charge in [0, 0.05) is 30.8 Å². The van der Waals surface area contributed by atoms with E-state index < -0.39 is 0 Å². The van der Waals surface area contributed by atoms with E-state index in [0.717, 1.165) is 42.6 Å². The highest BCUT2D eigenvalue weighted by molar-refractivity contribution is 7.14. The third kappa shape index (κ3) is 3.37. The van der Waals surface area contributed by atoms with Gasteiger partial charge in [-0.25, -0.2) is 14.4 Å². The second kappa shape index (κ2) is 6.84. The molecule has 1 aliphatic heterocycles. The number of hydrogen-bond acceptors (Lipinski definition) is 6. The number of halogens is 1. The molecule has 1 fully saturated rings. The average Bonchev–Trinajstić information content (AvgIpc) is 3.12. The van der Waals surface area contributed by atoms with Crippen LogP contribution < -0.4 is 4.90 Å². The lowest BCUT2D eigenvalue weighted by atomic mass is 9.99. The number of hydrogen-bond donors (Lipinski definition) is 0. The minimum Gasteiger partial charge on any atom is -0.356 e. The summed E-state index contributed by atoms with van der Waals surface area (Å²) in [6.07, 6.45) is 3.93. The summed E-state index contributed by atoms with van der Waals surface area (Å²) in [5.41, 5.74) is 0.519. The lowest BCUT2D eigenvalue weighted by Crippen LogP contribution is -2.35. The first-order chi connectivity index (χ1) is 12.2. The minimum absolute atomic E-state index is 0.257. The zero-order chi connectivity index (χ0) is 17.2. The van der Waals surface area contributed by atoms with Crippen molar-refractivity contribution in [1.29, 1.82) is 0 Å². The van der Waals surface area contributed by atoms with Crippen LogP contribution in [0.4, 0.5) is 10.2 Å². The van der Waals surface area contributed by atoms with Crippen LogP contribution in [0.5, 0.6) is 0 Å². The fourth-order valence-electron chi connectivity index (χ4n) is 3.15. The molecule has 25 heavy (non-hydrogen) atoms. The molecule has 7 heteroatoms. The third-order valence-electron chi connectivity index (χ3n) is 4.40. The Morgan fingerprint density at radius 3 is 2.92 bits per heavy atom. The largest absolute Gasteiger partial charge is 0.356 e. The van der Waals surface area contributed by atoms with Gasteiger partial charge in [-0.3, -0.25) is 0 Å². The predicted octanol–water partition coefficient (Wildman–Crippen LogP) is 3.83. The summed E-state index contributed by atoms with van der Waals surface area (Å²) >= 11 is 1.49. The van der Waals surface area contributed by atoms with Gasteiger partial charge in [-0.15, -0.1) is 10.2 Å². The van der Waals surface area contributed by atoms with Crippen molar-refractivity contribution in [1.82, 2.24) is 20.2 Å². The lowest BCUT2D eigenvalue weighted by Gasteiger charge is -2.32. The molecule has 0 spiro atoms. The fraction of sp³-hybridized carbons (Fsp3) is 0.333. The van der Waals surface area contributed by atoms with Crippen LogP contribution in [-0.2, 0) is 0 Å². The number of rotatable bonds is 3. The van der Waals surface area contributed by atoms with Crippen molar-refractivity contribution in [3.8, 4) is 10.6 Å². The Labute approximate surface area is 149 Å². The molecule has 1 atom stereocenters. The van der Waals surface area contributed by atoms with Crippen LogP contribution in [0, 0.1) is 12.7 Å². The molecule has 0 amide bonds. The maximum absolute atomic E-state index is 14.0. The van der Waals surface area contributed by atoms with Crippen LogP contribution in [0.1, 0.15) is 29.6 Å². The van der Waals surface area contributed by atoms with Crippen molar-refractivity contribution in [3.63, 3.8) is 0 Å². The van der Waals surface area contributed by atoms with Gasteiger partial charge in [-0.2, -0.15) is 0 Å². The molecule has 2 aromatic heterocycles. The Morgan fingerprint density at radius 1 is 1.20 bits per heavy atom. The Kier molecular flexibility index (Phi) is 4.40. The van der Waals surface area contributed by atoms with Crippen LogP contribution >= 0.6 is 11.3 Å². The minimum atomic E-state index is -0.257. The van der Waals surface area contributed by atoms with Crippen molar-refractivity contribution in [3.05, 3.63) is 53.2 Å². The zero-order valence-corrected chi connectivity index (χ0v) is 14.7. The number of aryl methyl sites for hydroxylation is 1. The van der Waals surface area contributed by atoms with Crippen LogP contribution in [0.2, 0.25) is 0 Å². The van der Waals surface area contributed by atoms with Crippen LogP contribution in [0.15, 0.2) is 36.5 Å². The first kappa shape index (κ1) is 16.1. The van der Waals surface area contributed by atoms with Crippen molar-refractivity contribution < 1.29 is 4.39 Å². The maximum Gasteiger partial charge on any atom is 0.150 e. The van der Waals surface area contributed by atoms with E-state index in [1.165, 1.54) is 17.4 Å². The summed E-state index contributed by atoms with van der Waals surface area (Å²) in [6, 6.07) is 8.65. The summed E-state index contributed by atoms with van der Waals surface area (Å²) in [7, 11) is 0. The first-order valence-corrected chi connectivity index (χ1v) is 9.15. The number of benzene rings is 1. The van der Waals surface area contributed by atoms with Crippen LogP contribution in [0.3, 0.4) is 0 Å². The molecule has 1 aromatic carbocycles. The van der Waals surface area contributed by atoms with E-state index in [-0.39, 0.29) is 5.82 Å². The van der Waals surface area contributed by atoms with E-state index in [4.69, 9.17) is 0 Å². The van der Waals surface area contributed by atoms with Gasteiger partial charge in [0.15, 0.2) is 5.01 Å². The molecule has 5 nitrogen and oxygen atoms in total. The number of aromatic nitrogens is 4. The number of anilines is 1. The molecule has 0 radical (unpaired) electrons. The van der Waals surface area contributed by atoms with Crippen LogP contribution in [0.25, 0.3) is 10.6 Å². The van der Waals surface area contributed by atoms with Crippen molar-refractivity contribution in [2.45, 2.75) is 25.7 Å². The number of piperidine rings is 1. The number of nitrogens with zero attached hydrogens (tertiary/aromatic N) is 5.